The lowest BCUT2D eigenvalue weighted by Crippen LogP contribution is -2.39. The average Bonchev–Trinajstić information content (AvgIpc) is 2.72. The Morgan fingerprint density at radius 3 is 2.74 bits per heavy atom. The average molecular weight is 255 g/mol. The van der Waals surface area contributed by atoms with E-state index in [4.69, 9.17) is 0 Å². The van der Waals surface area contributed by atoms with Gasteiger partial charge in [-0.2, -0.15) is 15.2 Å². The largest absolute Gasteiger partial charge is 0.505 e. The van der Waals surface area contributed by atoms with Crippen molar-refractivity contribution >= 4 is 11.4 Å². The highest BCUT2D eigenvalue weighted by Crippen LogP contribution is 2.35. The molecular formula is C15H17N3O. The molecule has 1 atom stereocenters. The normalized spacial score (nSPS) is 21.7. The van der Waals surface area contributed by atoms with Crippen molar-refractivity contribution < 1.29 is 5.11 Å². The summed E-state index contributed by atoms with van der Waals surface area (Å²) in [7, 11) is 1.97. The first-order valence-corrected chi connectivity index (χ1v) is 6.34. The second-order valence-electron chi connectivity index (χ2n) is 5.03. The van der Waals surface area contributed by atoms with Gasteiger partial charge in [0, 0.05) is 7.05 Å². The molecule has 1 aromatic rings. The lowest BCUT2D eigenvalue weighted by atomic mass is 10.1. The molecule has 0 spiro atoms. The summed E-state index contributed by atoms with van der Waals surface area (Å²) >= 11 is 0. The number of aryl methyl sites for hydroxylation is 2. The van der Waals surface area contributed by atoms with Gasteiger partial charge in [-0.15, -0.1) is 0 Å². The highest BCUT2D eigenvalue weighted by molar-refractivity contribution is 6.03. The van der Waals surface area contributed by atoms with Crippen LogP contribution in [0.3, 0.4) is 0 Å². The minimum absolute atomic E-state index is 0.144. The van der Waals surface area contributed by atoms with E-state index in [9.17, 15) is 5.11 Å². The Kier molecular flexibility index (Phi) is 2.68. The summed E-state index contributed by atoms with van der Waals surface area (Å²) in [6.07, 6.45) is 8.10. The fraction of sp³-hybridized carbons (Fsp3) is 0.267. The zero-order valence-corrected chi connectivity index (χ0v) is 11.3. The van der Waals surface area contributed by atoms with Crippen LogP contribution in [-0.4, -0.2) is 28.9 Å². The standard InChI is InChI=1S/C15H17N3O/c1-10-8-11(2)15(19)14(9-10)18-16-12-6-4-5-7-13(12)17(18)3/h4-9,13,19H,1-3H3. The van der Waals surface area contributed by atoms with Gasteiger partial charge in [-0.25, -0.2) is 0 Å². The van der Waals surface area contributed by atoms with Gasteiger partial charge in [0.25, 0.3) is 0 Å². The van der Waals surface area contributed by atoms with Crippen LogP contribution in [0.25, 0.3) is 0 Å². The Morgan fingerprint density at radius 1 is 1.21 bits per heavy atom. The molecule has 1 aromatic carbocycles. The number of phenols is 1. The maximum Gasteiger partial charge on any atom is 0.145 e. The van der Waals surface area contributed by atoms with E-state index in [1.54, 1.807) is 5.12 Å². The van der Waals surface area contributed by atoms with Gasteiger partial charge in [-0.1, -0.05) is 24.3 Å². The molecule has 0 saturated heterocycles. The minimum atomic E-state index is 0.144. The van der Waals surface area contributed by atoms with Gasteiger partial charge in [0.05, 0.1) is 11.8 Å². The van der Waals surface area contributed by atoms with Crippen molar-refractivity contribution in [3.8, 4) is 5.75 Å². The first-order valence-electron chi connectivity index (χ1n) is 6.34. The van der Waals surface area contributed by atoms with Gasteiger partial charge in [-0.3, -0.25) is 0 Å². The molecular weight excluding hydrogens is 238 g/mol. The molecule has 0 bridgehead atoms. The van der Waals surface area contributed by atoms with Gasteiger partial charge in [0.15, 0.2) is 0 Å². The van der Waals surface area contributed by atoms with E-state index < -0.39 is 0 Å². The number of allylic oxidation sites excluding steroid dienone is 2. The maximum atomic E-state index is 10.3. The summed E-state index contributed by atoms with van der Waals surface area (Å²) in [6.45, 7) is 3.92. The Balaban J connectivity index is 2.07. The predicted molar refractivity (Wildman–Crippen MR) is 77.3 cm³/mol. The Morgan fingerprint density at radius 2 is 2.00 bits per heavy atom. The molecule has 1 unspecified atom stereocenters. The molecule has 3 rings (SSSR count). The number of aromatic hydroxyl groups is 1. The number of phenolic OH excluding ortho intramolecular Hbond substituents is 1. The molecule has 1 N–H and O–H groups in total. The molecule has 4 nitrogen and oxygen atoms in total. The number of fused-ring (bicyclic) bond motifs is 1. The fourth-order valence-corrected chi connectivity index (χ4v) is 2.54. The highest BCUT2D eigenvalue weighted by Gasteiger charge is 2.32. The van der Waals surface area contributed by atoms with Crippen molar-refractivity contribution in [1.82, 2.24) is 5.01 Å². The molecule has 0 saturated carbocycles. The van der Waals surface area contributed by atoms with Gasteiger partial charge in [0.1, 0.15) is 11.4 Å². The molecule has 98 valence electrons. The van der Waals surface area contributed by atoms with Crippen molar-refractivity contribution in [3.63, 3.8) is 0 Å². The van der Waals surface area contributed by atoms with Crippen LogP contribution in [0.15, 0.2) is 41.5 Å². The van der Waals surface area contributed by atoms with Crippen LogP contribution in [0, 0.1) is 13.8 Å². The zero-order valence-electron chi connectivity index (χ0n) is 11.3. The minimum Gasteiger partial charge on any atom is -0.505 e. The fourth-order valence-electron chi connectivity index (χ4n) is 2.54. The molecule has 0 amide bonds. The molecule has 1 aliphatic heterocycles. The van der Waals surface area contributed by atoms with E-state index in [-0.39, 0.29) is 11.8 Å². The second kappa shape index (κ2) is 4.24. The topological polar surface area (TPSA) is 39.1 Å². The number of benzene rings is 1. The van der Waals surface area contributed by atoms with Crippen LogP contribution in [0.5, 0.6) is 5.75 Å². The molecule has 0 aromatic heterocycles. The van der Waals surface area contributed by atoms with Gasteiger partial charge < -0.3 is 5.11 Å². The summed E-state index contributed by atoms with van der Waals surface area (Å²) in [5.74, 6) is 0.286. The maximum absolute atomic E-state index is 10.3. The quantitative estimate of drug-likeness (QED) is 0.838. The number of hydrogen-bond donors (Lipinski definition) is 1. The van der Waals surface area contributed by atoms with E-state index >= 15 is 0 Å². The predicted octanol–water partition coefficient (Wildman–Crippen LogP) is 2.53. The third-order valence-electron chi connectivity index (χ3n) is 3.53. The Hall–Kier alpha value is -2.07. The lowest BCUT2D eigenvalue weighted by Gasteiger charge is -2.27. The van der Waals surface area contributed by atoms with Crippen molar-refractivity contribution in [3.05, 3.63) is 47.6 Å². The third-order valence-corrected chi connectivity index (χ3v) is 3.53. The number of hydrazine groups is 1. The Bertz CT molecular complexity index is 616. The third kappa shape index (κ3) is 1.85. The summed E-state index contributed by atoms with van der Waals surface area (Å²) in [5.41, 5.74) is 3.69. The highest BCUT2D eigenvalue weighted by atomic mass is 16.3. The molecule has 0 radical (unpaired) electrons. The van der Waals surface area contributed by atoms with Crippen LogP contribution in [0.1, 0.15) is 11.1 Å². The van der Waals surface area contributed by atoms with E-state index in [2.05, 4.69) is 11.2 Å². The molecule has 1 aliphatic carbocycles. The van der Waals surface area contributed by atoms with Crippen LogP contribution >= 0.6 is 0 Å². The Labute approximate surface area is 112 Å². The second-order valence-corrected chi connectivity index (χ2v) is 5.03. The molecule has 4 heteroatoms. The first-order chi connectivity index (χ1) is 9.08. The van der Waals surface area contributed by atoms with Gasteiger partial charge in [-0.05, 0) is 37.1 Å². The van der Waals surface area contributed by atoms with Crippen molar-refractivity contribution in [2.75, 3.05) is 12.2 Å². The van der Waals surface area contributed by atoms with Crippen LogP contribution in [-0.2, 0) is 0 Å². The smallest absolute Gasteiger partial charge is 0.145 e. The monoisotopic (exact) mass is 255 g/mol. The summed E-state index contributed by atoms with van der Waals surface area (Å²) < 4.78 is 0. The number of hydrogen-bond acceptors (Lipinski definition) is 4. The lowest BCUT2D eigenvalue weighted by molar-refractivity contribution is 0.327. The zero-order chi connectivity index (χ0) is 13.6. The van der Waals surface area contributed by atoms with Crippen LogP contribution in [0.4, 0.5) is 5.69 Å². The van der Waals surface area contributed by atoms with E-state index in [1.807, 2.05) is 56.3 Å². The van der Waals surface area contributed by atoms with Crippen molar-refractivity contribution in [2.24, 2.45) is 5.10 Å². The molecule has 0 fully saturated rings. The number of nitrogens with zero attached hydrogens (tertiary/aromatic N) is 3. The number of anilines is 1. The van der Waals surface area contributed by atoms with Crippen molar-refractivity contribution in [2.45, 2.75) is 19.9 Å². The van der Waals surface area contributed by atoms with Crippen LogP contribution < -0.4 is 5.12 Å². The van der Waals surface area contributed by atoms with E-state index in [0.29, 0.717) is 0 Å². The number of hydrazone groups is 1. The molecule has 19 heavy (non-hydrogen) atoms. The first kappa shape index (κ1) is 12.0. The van der Waals surface area contributed by atoms with Crippen LogP contribution in [0.2, 0.25) is 0 Å². The summed E-state index contributed by atoms with van der Waals surface area (Å²) in [4.78, 5) is 0. The summed E-state index contributed by atoms with van der Waals surface area (Å²) in [5, 5.41) is 18.6. The molecule has 1 heterocycles. The molecule has 2 aliphatic rings. The van der Waals surface area contributed by atoms with Crippen molar-refractivity contribution in [1.29, 1.82) is 0 Å². The van der Waals surface area contributed by atoms with Gasteiger partial charge in [0.2, 0.25) is 0 Å². The SMILES string of the molecule is Cc1cc(C)c(O)c(N2N=C3C=CC=CC3N2C)c1. The van der Waals surface area contributed by atoms with E-state index in [1.165, 1.54) is 0 Å². The van der Waals surface area contributed by atoms with E-state index in [0.717, 1.165) is 22.5 Å². The number of likely N-dealkylation sites (N-methyl/N-ethyl adjacent to an activating group) is 1. The van der Waals surface area contributed by atoms with Gasteiger partial charge >= 0.3 is 0 Å². The summed E-state index contributed by atoms with van der Waals surface area (Å²) in [6, 6.07) is 4.06. The number of rotatable bonds is 1.